The van der Waals surface area contributed by atoms with Crippen LogP contribution in [-0.2, 0) is 30.5 Å². The summed E-state index contributed by atoms with van der Waals surface area (Å²) in [7, 11) is -5.17. The minimum atomic E-state index is -5.17. The van der Waals surface area contributed by atoms with E-state index in [0.717, 1.165) is 0 Å². The third kappa shape index (κ3) is 11.0. The molecule has 0 spiro atoms. The molecule has 0 bridgehead atoms. The van der Waals surface area contributed by atoms with Crippen molar-refractivity contribution in [2.24, 2.45) is 0 Å². The van der Waals surface area contributed by atoms with Crippen LogP contribution >= 0.6 is 0 Å². The summed E-state index contributed by atoms with van der Waals surface area (Å²) in [5.74, 6) is 7.34. The molecule has 0 aromatic carbocycles. The van der Waals surface area contributed by atoms with Crippen molar-refractivity contribution in [2.75, 3.05) is 0 Å². The first-order valence-corrected chi connectivity index (χ1v) is 9.88. The molecule has 4 N–H and O–H groups in total. The maximum atomic E-state index is 11.0. The van der Waals surface area contributed by atoms with Crippen molar-refractivity contribution >= 4 is 10.4 Å². The SMILES string of the molecule is C[C]1[C](C)[C](C)[C](C)[C]1C.O.O=S(=O)([O-])[O-].O=c1cc[nH]c(-c2cc(=O)cc[nH]2)c1.[Ir+3]. The fraction of sp³-hybridized carbons (Fsp3) is 0.250. The van der Waals surface area contributed by atoms with Crippen LogP contribution in [0.15, 0.2) is 46.2 Å². The topological polar surface area (TPSA) is 177 Å². The van der Waals surface area contributed by atoms with E-state index in [4.69, 9.17) is 17.5 Å². The minimum Gasteiger partial charge on any atom is -0.759 e. The molecule has 0 amide bonds. The molecule has 9 nitrogen and oxygen atoms in total. The predicted molar refractivity (Wildman–Crippen MR) is 112 cm³/mol. The third-order valence-corrected chi connectivity index (χ3v) is 4.65. The van der Waals surface area contributed by atoms with Gasteiger partial charge in [-0.2, -0.15) is 0 Å². The molecule has 2 aromatic heterocycles. The summed E-state index contributed by atoms with van der Waals surface area (Å²) < 4.78 is 34.1. The molecule has 0 unspecified atom stereocenters. The smallest absolute Gasteiger partial charge is 0.759 e. The Hall–Kier alpha value is -1.62. The standard InChI is InChI=1S/C10H8N2O2.C10H15.Ir.H2O4S.H2O/c13-7-1-3-11-9(5-7)10-6-8(14)2-4-12-10;1-6-7(2)9(4)10(5)8(6)3;;1-5(2,3)4;/h1-6H,(H,11,13)(H,12,14);1-5H3;;(H2,1,2,3,4);1H2/q;;+3;;/p-2. The maximum Gasteiger partial charge on any atom is 3.00 e. The minimum absolute atomic E-state index is 0. The van der Waals surface area contributed by atoms with Gasteiger partial charge in [0.25, 0.3) is 0 Å². The van der Waals surface area contributed by atoms with Crippen molar-refractivity contribution in [3.05, 3.63) is 86.7 Å². The van der Waals surface area contributed by atoms with Crippen LogP contribution in [0.1, 0.15) is 34.6 Å². The van der Waals surface area contributed by atoms with Gasteiger partial charge in [0.05, 0.1) is 11.4 Å². The normalized spacial score (nSPS) is 15.6. The Morgan fingerprint density at radius 3 is 1.10 bits per heavy atom. The van der Waals surface area contributed by atoms with Gasteiger partial charge < -0.3 is 24.5 Å². The first-order valence-electron chi connectivity index (χ1n) is 8.55. The summed E-state index contributed by atoms with van der Waals surface area (Å²) in [5.41, 5.74) is 1.03. The number of aromatic nitrogens is 2. The van der Waals surface area contributed by atoms with E-state index in [0.29, 0.717) is 11.4 Å². The van der Waals surface area contributed by atoms with Gasteiger partial charge in [-0.1, -0.05) is 34.6 Å². The van der Waals surface area contributed by atoms with E-state index in [1.807, 2.05) is 0 Å². The third-order valence-electron chi connectivity index (χ3n) is 4.65. The Morgan fingerprint density at radius 1 is 0.677 bits per heavy atom. The van der Waals surface area contributed by atoms with Crippen molar-refractivity contribution in [3.63, 3.8) is 0 Å². The van der Waals surface area contributed by atoms with E-state index in [2.05, 4.69) is 44.6 Å². The second-order valence-electron chi connectivity index (χ2n) is 6.41. The van der Waals surface area contributed by atoms with Crippen LogP contribution < -0.4 is 10.9 Å². The van der Waals surface area contributed by atoms with Gasteiger partial charge >= 0.3 is 20.1 Å². The Balaban J connectivity index is 0. The molecule has 1 aliphatic rings. The molecule has 1 saturated carbocycles. The molecule has 2 aromatic rings. The van der Waals surface area contributed by atoms with Crippen molar-refractivity contribution < 1.29 is 43.1 Å². The molecule has 2 heterocycles. The van der Waals surface area contributed by atoms with Crippen LogP contribution in [0.25, 0.3) is 11.4 Å². The summed E-state index contributed by atoms with van der Waals surface area (Å²) in [5, 5.41) is 0. The predicted octanol–water partition coefficient (Wildman–Crippen LogP) is 1.54. The zero-order valence-electron chi connectivity index (χ0n) is 17.7. The summed E-state index contributed by atoms with van der Waals surface area (Å²) in [6.45, 7) is 11.0. The molecular weight excluding hydrogens is 605 g/mol. The number of aromatic amines is 2. The summed E-state index contributed by atoms with van der Waals surface area (Å²) in [6.07, 6.45) is 3.09. The van der Waals surface area contributed by atoms with Gasteiger partial charge in [-0.05, 0) is 29.6 Å². The molecular formula is C20H25IrN2O7S+. The molecule has 0 aliphatic heterocycles. The maximum absolute atomic E-state index is 11.0. The quantitative estimate of drug-likeness (QED) is 0.357. The van der Waals surface area contributed by atoms with Crippen molar-refractivity contribution in [1.82, 2.24) is 9.97 Å². The molecule has 31 heavy (non-hydrogen) atoms. The first kappa shape index (κ1) is 31.6. The zero-order chi connectivity index (χ0) is 22.4. The van der Waals surface area contributed by atoms with Crippen molar-refractivity contribution in [3.8, 4) is 11.4 Å². The number of rotatable bonds is 1. The molecule has 171 valence electrons. The first-order chi connectivity index (χ1) is 13.3. The summed E-state index contributed by atoms with van der Waals surface area (Å²) in [6, 6.07) is 5.71. The van der Waals surface area contributed by atoms with Gasteiger partial charge in [-0.15, -0.1) is 0 Å². The Labute approximate surface area is 195 Å². The monoisotopic (exact) mass is 630 g/mol. The van der Waals surface area contributed by atoms with E-state index in [1.54, 1.807) is 12.4 Å². The Bertz CT molecular complexity index is 902. The Kier molecular flexibility index (Phi) is 14.0. The van der Waals surface area contributed by atoms with Gasteiger partial charge in [-0.3, -0.25) is 18.0 Å². The zero-order valence-corrected chi connectivity index (χ0v) is 20.9. The van der Waals surface area contributed by atoms with Crippen LogP contribution in [0, 0.1) is 29.6 Å². The summed E-state index contributed by atoms with van der Waals surface area (Å²) in [4.78, 5) is 27.8. The molecule has 1 aliphatic carbocycles. The van der Waals surface area contributed by atoms with Gasteiger partial charge in [0, 0.05) is 47.1 Å². The van der Waals surface area contributed by atoms with E-state index < -0.39 is 10.4 Å². The number of hydrogen-bond donors (Lipinski definition) is 2. The van der Waals surface area contributed by atoms with Crippen LogP contribution in [0.4, 0.5) is 0 Å². The van der Waals surface area contributed by atoms with E-state index in [1.165, 1.54) is 53.9 Å². The number of hydrogen-bond acceptors (Lipinski definition) is 6. The Morgan fingerprint density at radius 2 is 0.903 bits per heavy atom. The molecule has 5 radical (unpaired) electrons. The number of nitrogens with one attached hydrogen (secondary N) is 2. The van der Waals surface area contributed by atoms with Crippen LogP contribution in [0.2, 0.25) is 0 Å². The molecule has 11 heteroatoms. The van der Waals surface area contributed by atoms with Gasteiger partial charge in [0.2, 0.25) is 0 Å². The van der Waals surface area contributed by atoms with Gasteiger partial charge in [-0.25, -0.2) is 0 Å². The molecule has 0 atom stereocenters. The average Bonchev–Trinajstić information content (AvgIpc) is 2.79. The summed E-state index contributed by atoms with van der Waals surface area (Å²) >= 11 is 0. The van der Waals surface area contributed by atoms with Crippen molar-refractivity contribution in [1.29, 1.82) is 0 Å². The second kappa shape index (κ2) is 13.7. The molecule has 0 saturated heterocycles. The van der Waals surface area contributed by atoms with Crippen LogP contribution in [-0.4, -0.2) is 33.0 Å². The van der Waals surface area contributed by atoms with Crippen LogP contribution in [0.5, 0.6) is 0 Å². The van der Waals surface area contributed by atoms with Crippen molar-refractivity contribution in [2.45, 2.75) is 34.6 Å². The fourth-order valence-corrected chi connectivity index (χ4v) is 2.61. The van der Waals surface area contributed by atoms with E-state index >= 15 is 0 Å². The number of pyridine rings is 2. The second-order valence-corrected chi connectivity index (χ2v) is 7.23. The van der Waals surface area contributed by atoms with E-state index in [9.17, 15) is 9.59 Å². The molecule has 3 rings (SSSR count). The van der Waals surface area contributed by atoms with Gasteiger partial charge in [0.1, 0.15) is 0 Å². The van der Waals surface area contributed by atoms with Crippen LogP contribution in [0.3, 0.4) is 0 Å². The number of H-pyrrole nitrogens is 2. The van der Waals surface area contributed by atoms with E-state index in [-0.39, 0.29) is 36.4 Å². The fourth-order valence-electron chi connectivity index (χ4n) is 2.61. The molecule has 1 fully saturated rings. The average molecular weight is 630 g/mol. The van der Waals surface area contributed by atoms with Gasteiger partial charge in [0.15, 0.2) is 10.9 Å². The largest absolute Gasteiger partial charge is 3.00 e.